The van der Waals surface area contributed by atoms with Crippen molar-refractivity contribution in [3.05, 3.63) is 71.8 Å². The van der Waals surface area contributed by atoms with Gasteiger partial charge in [0.1, 0.15) is 0 Å². The van der Waals surface area contributed by atoms with Crippen LogP contribution in [0.5, 0.6) is 0 Å². The first-order valence-corrected chi connectivity index (χ1v) is 11.4. The second-order valence-electron chi connectivity index (χ2n) is 9.42. The number of rotatable bonds is 5. The summed E-state index contributed by atoms with van der Waals surface area (Å²) in [4.78, 5) is 16.1. The van der Waals surface area contributed by atoms with E-state index in [1.807, 2.05) is 6.07 Å². The molecular weight excluding hydrogens is 356 g/mol. The smallest absolute Gasteiger partial charge is 0.230 e. The zero-order valence-electron chi connectivity index (χ0n) is 17.2. The third kappa shape index (κ3) is 3.61. The van der Waals surface area contributed by atoms with E-state index in [4.69, 9.17) is 0 Å². The van der Waals surface area contributed by atoms with Crippen molar-refractivity contribution in [2.24, 2.45) is 11.8 Å². The van der Waals surface area contributed by atoms with Gasteiger partial charge in [-0.15, -0.1) is 0 Å². The molecule has 0 unspecified atom stereocenters. The maximum atomic E-state index is 13.6. The standard InChI is InChI=1S/C26H32N2O/c29-25(26(15-7-8-16-26)22-11-5-2-6-12-22)27-24-14-13-21-18-28(19-23(21)24)17-20-9-3-1-4-10-20/h1-6,9-12,21,23-24H,7-8,13-19H2,(H,27,29)/t21-,23-,24+/m1/s1. The zero-order valence-corrected chi connectivity index (χ0v) is 17.2. The molecule has 0 spiro atoms. The van der Waals surface area contributed by atoms with Gasteiger partial charge >= 0.3 is 0 Å². The molecule has 3 fully saturated rings. The van der Waals surface area contributed by atoms with Gasteiger partial charge in [0, 0.05) is 25.7 Å². The lowest BCUT2D eigenvalue weighted by atomic mass is 9.77. The summed E-state index contributed by atoms with van der Waals surface area (Å²) < 4.78 is 0. The van der Waals surface area contributed by atoms with Crippen LogP contribution in [0.4, 0.5) is 0 Å². The van der Waals surface area contributed by atoms with Gasteiger partial charge in [0.05, 0.1) is 5.41 Å². The molecule has 2 aromatic carbocycles. The number of amides is 1. The van der Waals surface area contributed by atoms with Crippen LogP contribution in [0.1, 0.15) is 49.7 Å². The number of carbonyl (C=O) groups excluding carboxylic acids is 1. The van der Waals surface area contributed by atoms with Crippen molar-refractivity contribution in [1.29, 1.82) is 0 Å². The highest BCUT2D eigenvalue weighted by Crippen LogP contribution is 2.43. The van der Waals surface area contributed by atoms with Gasteiger partial charge in [0.25, 0.3) is 0 Å². The maximum absolute atomic E-state index is 13.6. The highest BCUT2D eigenvalue weighted by Gasteiger charge is 2.47. The third-order valence-corrected chi connectivity index (χ3v) is 7.72. The van der Waals surface area contributed by atoms with Crippen molar-refractivity contribution in [2.45, 2.75) is 56.5 Å². The Balaban J connectivity index is 1.27. The fourth-order valence-electron chi connectivity index (χ4n) is 6.20. The first-order valence-electron chi connectivity index (χ1n) is 11.4. The maximum Gasteiger partial charge on any atom is 0.230 e. The van der Waals surface area contributed by atoms with Crippen LogP contribution in [0.15, 0.2) is 60.7 Å². The SMILES string of the molecule is O=C(N[C@H]1CC[C@@H]2CN(Cc3ccccc3)C[C@H]21)C1(c2ccccc2)CCCC1. The van der Waals surface area contributed by atoms with E-state index in [1.165, 1.54) is 24.1 Å². The van der Waals surface area contributed by atoms with E-state index >= 15 is 0 Å². The van der Waals surface area contributed by atoms with Crippen LogP contribution < -0.4 is 5.32 Å². The van der Waals surface area contributed by atoms with E-state index in [9.17, 15) is 4.79 Å². The Morgan fingerprint density at radius 3 is 2.34 bits per heavy atom. The van der Waals surface area contributed by atoms with E-state index < -0.39 is 0 Å². The summed E-state index contributed by atoms with van der Waals surface area (Å²) in [6.45, 7) is 3.32. The summed E-state index contributed by atoms with van der Waals surface area (Å²) in [6, 6.07) is 21.6. The minimum atomic E-state index is -0.304. The molecule has 29 heavy (non-hydrogen) atoms. The highest BCUT2D eigenvalue weighted by molar-refractivity contribution is 5.88. The highest BCUT2D eigenvalue weighted by atomic mass is 16.2. The molecule has 3 heteroatoms. The summed E-state index contributed by atoms with van der Waals surface area (Å²) in [6.07, 6.45) is 6.69. The van der Waals surface area contributed by atoms with Crippen molar-refractivity contribution in [3.63, 3.8) is 0 Å². The van der Waals surface area contributed by atoms with Crippen molar-refractivity contribution >= 4 is 5.91 Å². The Morgan fingerprint density at radius 1 is 0.931 bits per heavy atom. The van der Waals surface area contributed by atoms with E-state index in [0.717, 1.165) is 51.1 Å². The molecule has 3 atom stereocenters. The summed E-state index contributed by atoms with van der Waals surface area (Å²) >= 11 is 0. The lowest BCUT2D eigenvalue weighted by molar-refractivity contribution is -0.127. The van der Waals surface area contributed by atoms with E-state index in [0.29, 0.717) is 12.0 Å². The van der Waals surface area contributed by atoms with Gasteiger partial charge in [-0.05, 0) is 48.6 Å². The van der Waals surface area contributed by atoms with E-state index in [-0.39, 0.29) is 11.3 Å². The number of fused-ring (bicyclic) bond motifs is 1. The second kappa shape index (κ2) is 7.95. The Labute approximate surface area is 174 Å². The molecule has 0 radical (unpaired) electrons. The quantitative estimate of drug-likeness (QED) is 0.816. The van der Waals surface area contributed by atoms with Gasteiger partial charge in [-0.1, -0.05) is 73.5 Å². The lowest BCUT2D eigenvalue weighted by Crippen LogP contribution is -2.48. The van der Waals surface area contributed by atoms with Crippen molar-refractivity contribution in [1.82, 2.24) is 10.2 Å². The van der Waals surface area contributed by atoms with Crippen LogP contribution in [0.3, 0.4) is 0 Å². The lowest BCUT2D eigenvalue weighted by Gasteiger charge is -2.31. The normalized spacial score (nSPS) is 28.3. The fraction of sp³-hybridized carbons (Fsp3) is 0.500. The number of carbonyl (C=O) groups is 1. The molecule has 2 aliphatic carbocycles. The number of likely N-dealkylation sites (tertiary alicyclic amines) is 1. The van der Waals surface area contributed by atoms with Crippen LogP contribution in [0.2, 0.25) is 0 Å². The van der Waals surface area contributed by atoms with E-state index in [1.54, 1.807) is 0 Å². The van der Waals surface area contributed by atoms with Crippen molar-refractivity contribution < 1.29 is 4.79 Å². The second-order valence-corrected chi connectivity index (χ2v) is 9.42. The Morgan fingerprint density at radius 2 is 1.62 bits per heavy atom. The van der Waals surface area contributed by atoms with E-state index in [2.05, 4.69) is 64.8 Å². The fourth-order valence-corrected chi connectivity index (χ4v) is 6.20. The van der Waals surface area contributed by atoms with Crippen molar-refractivity contribution in [3.8, 4) is 0 Å². The van der Waals surface area contributed by atoms with Gasteiger partial charge in [0.15, 0.2) is 0 Å². The number of hydrogen-bond acceptors (Lipinski definition) is 2. The summed E-state index contributed by atoms with van der Waals surface area (Å²) in [5.74, 6) is 1.63. The van der Waals surface area contributed by atoms with Crippen molar-refractivity contribution in [2.75, 3.05) is 13.1 Å². The van der Waals surface area contributed by atoms with Crippen LogP contribution in [-0.2, 0) is 16.8 Å². The molecule has 5 rings (SSSR count). The average Bonchev–Trinajstić information content (AvgIpc) is 3.47. The molecule has 3 aliphatic rings. The predicted octanol–water partition coefficient (Wildman–Crippen LogP) is 4.53. The van der Waals surface area contributed by atoms with Gasteiger partial charge in [-0.3, -0.25) is 9.69 Å². The molecule has 2 saturated carbocycles. The summed E-state index contributed by atoms with van der Waals surface area (Å²) in [5.41, 5.74) is 2.30. The van der Waals surface area contributed by atoms with Crippen LogP contribution in [0.25, 0.3) is 0 Å². The summed E-state index contributed by atoms with van der Waals surface area (Å²) in [5, 5.41) is 3.55. The molecule has 152 valence electrons. The number of hydrogen-bond donors (Lipinski definition) is 1. The average molecular weight is 389 g/mol. The monoisotopic (exact) mass is 388 g/mol. The van der Waals surface area contributed by atoms with Crippen LogP contribution in [-0.4, -0.2) is 29.9 Å². The van der Waals surface area contributed by atoms with Crippen LogP contribution in [0, 0.1) is 11.8 Å². The first kappa shape index (κ1) is 18.9. The molecule has 0 aromatic heterocycles. The number of benzene rings is 2. The molecular formula is C26H32N2O. The molecule has 1 amide bonds. The molecule has 1 N–H and O–H groups in total. The van der Waals surface area contributed by atoms with Gasteiger partial charge in [0.2, 0.25) is 5.91 Å². The number of nitrogens with one attached hydrogen (secondary N) is 1. The Bertz CT molecular complexity index is 828. The molecule has 1 heterocycles. The molecule has 2 aromatic rings. The molecule has 1 aliphatic heterocycles. The zero-order chi connectivity index (χ0) is 19.7. The largest absolute Gasteiger partial charge is 0.352 e. The summed E-state index contributed by atoms with van der Waals surface area (Å²) in [7, 11) is 0. The Kier molecular flexibility index (Phi) is 5.17. The first-order chi connectivity index (χ1) is 14.2. The number of nitrogens with zero attached hydrogens (tertiary/aromatic N) is 1. The Hall–Kier alpha value is -2.13. The molecule has 1 saturated heterocycles. The topological polar surface area (TPSA) is 32.3 Å². The van der Waals surface area contributed by atoms with Gasteiger partial charge in [-0.25, -0.2) is 0 Å². The predicted molar refractivity (Wildman–Crippen MR) is 116 cm³/mol. The molecule has 0 bridgehead atoms. The third-order valence-electron chi connectivity index (χ3n) is 7.72. The molecule has 3 nitrogen and oxygen atoms in total. The minimum Gasteiger partial charge on any atom is -0.352 e. The van der Waals surface area contributed by atoms with Gasteiger partial charge < -0.3 is 5.32 Å². The van der Waals surface area contributed by atoms with Gasteiger partial charge in [-0.2, -0.15) is 0 Å². The minimum absolute atomic E-state index is 0.286. The van der Waals surface area contributed by atoms with Crippen LogP contribution >= 0.6 is 0 Å².